The first-order chi connectivity index (χ1) is 11.7. The zero-order chi connectivity index (χ0) is 16.5. The van der Waals surface area contributed by atoms with Crippen LogP contribution in [0.25, 0.3) is 16.8 Å². The normalized spacial score (nSPS) is 12.8. The van der Waals surface area contributed by atoms with E-state index in [1.54, 1.807) is 12.4 Å². The van der Waals surface area contributed by atoms with Gasteiger partial charge < -0.3 is 5.32 Å². The second-order valence-corrected chi connectivity index (χ2v) is 5.95. The first-order valence-corrected chi connectivity index (χ1v) is 7.86. The van der Waals surface area contributed by atoms with Crippen LogP contribution in [0, 0.1) is 5.92 Å². The number of hydrogen-bond acceptors (Lipinski definition) is 6. The van der Waals surface area contributed by atoms with Crippen molar-refractivity contribution < 1.29 is 0 Å². The lowest BCUT2D eigenvalue weighted by atomic mass is 10.0. The first-order valence-electron chi connectivity index (χ1n) is 7.86. The Morgan fingerprint density at radius 1 is 1.00 bits per heavy atom. The van der Waals surface area contributed by atoms with Crippen molar-refractivity contribution in [1.82, 2.24) is 29.5 Å². The number of hydrogen-bond donors (Lipinski definition) is 1. The summed E-state index contributed by atoms with van der Waals surface area (Å²) in [4.78, 5) is 13.1. The maximum Gasteiger partial charge on any atom is 0.180 e. The Kier molecular flexibility index (Phi) is 3.53. The predicted octanol–water partition coefficient (Wildman–Crippen LogP) is 2.88. The monoisotopic (exact) mass is 319 g/mol. The summed E-state index contributed by atoms with van der Waals surface area (Å²) in [5, 5.41) is 12.1. The van der Waals surface area contributed by atoms with Gasteiger partial charge in [-0.2, -0.15) is 0 Å². The Labute approximate surface area is 138 Å². The summed E-state index contributed by atoms with van der Waals surface area (Å²) in [6.45, 7) is 4.28. The van der Waals surface area contributed by atoms with Crippen LogP contribution in [0.15, 0.2) is 48.9 Å². The second-order valence-electron chi connectivity index (χ2n) is 5.95. The molecule has 120 valence electrons. The lowest BCUT2D eigenvalue weighted by molar-refractivity contribution is 0.516. The predicted molar refractivity (Wildman–Crippen MR) is 91.5 cm³/mol. The van der Waals surface area contributed by atoms with Crippen molar-refractivity contribution in [3.05, 3.63) is 54.7 Å². The van der Waals surface area contributed by atoms with Crippen molar-refractivity contribution in [2.24, 2.45) is 5.92 Å². The highest BCUT2D eigenvalue weighted by atomic mass is 15.3. The topological polar surface area (TPSA) is 80.9 Å². The van der Waals surface area contributed by atoms with E-state index in [1.807, 2.05) is 40.9 Å². The molecular formula is C17H17N7. The summed E-state index contributed by atoms with van der Waals surface area (Å²) >= 11 is 0. The summed E-state index contributed by atoms with van der Waals surface area (Å²) < 4.78 is 2.00. The van der Waals surface area contributed by atoms with E-state index in [0.29, 0.717) is 11.6 Å². The summed E-state index contributed by atoms with van der Waals surface area (Å²) in [5.74, 6) is 1.91. The van der Waals surface area contributed by atoms with E-state index in [4.69, 9.17) is 0 Å². The van der Waals surface area contributed by atoms with Crippen LogP contribution in [0.3, 0.4) is 0 Å². The summed E-state index contributed by atoms with van der Waals surface area (Å²) in [5.41, 5.74) is 2.23. The Balaban J connectivity index is 1.73. The van der Waals surface area contributed by atoms with Crippen molar-refractivity contribution >= 4 is 22.6 Å². The number of nitrogens with zero attached hydrogens (tertiary/aromatic N) is 6. The molecule has 24 heavy (non-hydrogen) atoms. The van der Waals surface area contributed by atoms with Gasteiger partial charge in [0.1, 0.15) is 11.3 Å². The second kappa shape index (κ2) is 5.84. The lowest BCUT2D eigenvalue weighted by Gasteiger charge is -2.21. The fourth-order valence-corrected chi connectivity index (χ4v) is 2.70. The van der Waals surface area contributed by atoms with Crippen molar-refractivity contribution in [3.8, 4) is 0 Å². The molecule has 4 rings (SSSR count). The fraction of sp³-hybridized carbons (Fsp3) is 0.235. The summed E-state index contributed by atoms with van der Waals surface area (Å²) in [7, 11) is 0. The molecule has 0 saturated heterocycles. The van der Waals surface area contributed by atoms with E-state index in [0.717, 1.165) is 22.8 Å². The minimum atomic E-state index is -0.0241. The van der Waals surface area contributed by atoms with Gasteiger partial charge in [-0.05, 0) is 30.2 Å². The average molecular weight is 319 g/mol. The van der Waals surface area contributed by atoms with E-state index >= 15 is 0 Å². The molecule has 0 aromatic carbocycles. The lowest BCUT2D eigenvalue weighted by Crippen LogP contribution is -2.20. The van der Waals surface area contributed by atoms with Crippen LogP contribution in [0.4, 0.5) is 5.82 Å². The maximum atomic E-state index is 4.55. The zero-order valence-corrected chi connectivity index (χ0v) is 13.5. The Morgan fingerprint density at radius 2 is 1.88 bits per heavy atom. The van der Waals surface area contributed by atoms with E-state index in [1.165, 1.54) is 0 Å². The van der Waals surface area contributed by atoms with Crippen LogP contribution in [0.1, 0.15) is 25.7 Å². The van der Waals surface area contributed by atoms with Gasteiger partial charge in [0.25, 0.3) is 0 Å². The molecule has 0 radical (unpaired) electrons. The molecule has 4 heterocycles. The van der Waals surface area contributed by atoms with Gasteiger partial charge in [0.15, 0.2) is 17.1 Å². The van der Waals surface area contributed by atoms with Crippen LogP contribution in [-0.4, -0.2) is 29.5 Å². The Morgan fingerprint density at radius 3 is 2.75 bits per heavy atom. The van der Waals surface area contributed by atoms with Crippen LogP contribution in [-0.2, 0) is 0 Å². The molecule has 0 aliphatic heterocycles. The Bertz CT molecular complexity index is 992. The van der Waals surface area contributed by atoms with E-state index < -0.39 is 0 Å². The third-order valence-corrected chi connectivity index (χ3v) is 3.92. The molecule has 7 nitrogen and oxygen atoms in total. The van der Waals surface area contributed by atoms with E-state index in [2.05, 4.69) is 44.3 Å². The molecule has 7 heteroatoms. The minimum Gasteiger partial charge on any atom is -0.360 e. The standard InChI is InChI=1S/C17H17N7/c1-11(2)15(17-23-22-14-5-3-4-10-24(14)17)20-13-7-6-12-16(21-13)19-9-8-18-12/h3-11,15H,1-2H3,(H,19,20,21)/t15-/m1/s1. The third-order valence-electron chi connectivity index (χ3n) is 3.92. The van der Waals surface area contributed by atoms with Crippen LogP contribution in [0.5, 0.6) is 0 Å². The summed E-state index contributed by atoms with van der Waals surface area (Å²) in [6, 6.07) is 9.67. The zero-order valence-electron chi connectivity index (χ0n) is 13.5. The molecule has 4 aromatic rings. The molecule has 0 amide bonds. The van der Waals surface area contributed by atoms with Crippen LogP contribution < -0.4 is 5.32 Å². The smallest absolute Gasteiger partial charge is 0.180 e. The summed E-state index contributed by atoms with van der Waals surface area (Å²) in [6.07, 6.45) is 5.28. The maximum absolute atomic E-state index is 4.55. The molecule has 0 spiro atoms. The van der Waals surface area contributed by atoms with Crippen molar-refractivity contribution in [3.63, 3.8) is 0 Å². The Hall–Kier alpha value is -3.09. The number of fused-ring (bicyclic) bond motifs is 2. The van der Waals surface area contributed by atoms with Crippen LogP contribution >= 0.6 is 0 Å². The van der Waals surface area contributed by atoms with Crippen molar-refractivity contribution in [1.29, 1.82) is 0 Å². The number of anilines is 1. The first kappa shape index (κ1) is 14.5. The molecule has 0 fully saturated rings. The molecule has 1 N–H and O–H groups in total. The highest BCUT2D eigenvalue weighted by Gasteiger charge is 2.22. The van der Waals surface area contributed by atoms with Gasteiger partial charge in [0, 0.05) is 18.6 Å². The fourth-order valence-electron chi connectivity index (χ4n) is 2.70. The number of nitrogens with one attached hydrogen (secondary N) is 1. The number of pyridine rings is 2. The largest absolute Gasteiger partial charge is 0.360 e. The van der Waals surface area contributed by atoms with Gasteiger partial charge in [-0.25, -0.2) is 9.97 Å². The van der Waals surface area contributed by atoms with Gasteiger partial charge in [-0.15, -0.1) is 10.2 Å². The average Bonchev–Trinajstić information content (AvgIpc) is 3.03. The van der Waals surface area contributed by atoms with Crippen molar-refractivity contribution in [2.75, 3.05) is 5.32 Å². The van der Waals surface area contributed by atoms with E-state index in [-0.39, 0.29) is 6.04 Å². The third kappa shape index (κ3) is 2.54. The quantitative estimate of drug-likeness (QED) is 0.623. The van der Waals surface area contributed by atoms with E-state index in [9.17, 15) is 0 Å². The number of rotatable bonds is 4. The molecule has 0 bridgehead atoms. The van der Waals surface area contributed by atoms with Crippen molar-refractivity contribution in [2.45, 2.75) is 19.9 Å². The van der Waals surface area contributed by atoms with Gasteiger partial charge in [-0.1, -0.05) is 19.9 Å². The molecular weight excluding hydrogens is 302 g/mol. The SMILES string of the molecule is CC(C)[C@@H](Nc1ccc2nccnc2n1)c1nnc2ccccn12. The van der Waals surface area contributed by atoms with Gasteiger partial charge in [0.2, 0.25) is 0 Å². The van der Waals surface area contributed by atoms with Gasteiger partial charge in [0.05, 0.1) is 6.04 Å². The molecule has 0 unspecified atom stereocenters. The minimum absolute atomic E-state index is 0.0241. The number of aromatic nitrogens is 6. The highest BCUT2D eigenvalue weighted by Crippen LogP contribution is 2.25. The molecule has 0 saturated carbocycles. The van der Waals surface area contributed by atoms with Gasteiger partial charge >= 0.3 is 0 Å². The molecule has 1 atom stereocenters. The molecule has 0 aliphatic rings. The highest BCUT2D eigenvalue weighted by molar-refractivity contribution is 5.71. The van der Waals surface area contributed by atoms with Gasteiger partial charge in [-0.3, -0.25) is 9.38 Å². The molecule has 4 aromatic heterocycles. The van der Waals surface area contributed by atoms with Crippen LogP contribution in [0.2, 0.25) is 0 Å². The molecule has 0 aliphatic carbocycles.